The molecule has 0 saturated heterocycles. The highest BCUT2D eigenvalue weighted by Gasteiger charge is 2.22. The first-order valence-corrected chi connectivity index (χ1v) is 18.9. The SMILES string of the molecule is CC(C)(C)c1cccc(-c2cccc(-c3cc(C(C)(C)C)cc4sc(-c5ccc6ccccc6c5N=Cc5cc(C(C)(C)C)ccc5O)nc34)c2)c1. The standard InChI is InChI=1S/C48H48N2OS/c1-46(2,3)35-18-13-16-32(25-35)31-15-12-17-33(24-31)40-27-37(48(7,8)9)28-42-44(40)50-45(52-42)39-22-20-30-14-10-11-19-38(30)43(39)49-29-34-26-36(47(4,5)6)21-23-41(34)51/h10-29,51H,1-9H3. The molecule has 0 fully saturated rings. The molecule has 6 aromatic carbocycles. The predicted molar refractivity (Wildman–Crippen MR) is 225 cm³/mol. The van der Waals surface area contributed by atoms with Crippen LogP contribution in [-0.4, -0.2) is 16.3 Å². The lowest BCUT2D eigenvalue weighted by Crippen LogP contribution is -2.11. The van der Waals surface area contributed by atoms with Crippen molar-refractivity contribution in [2.75, 3.05) is 0 Å². The second-order valence-corrected chi connectivity index (χ2v) is 18.0. The third-order valence-corrected chi connectivity index (χ3v) is 11.0. The number of aliphatic imine (C=N–C) groups is 1. The van der Waals surface area contributed by atoms with Gasteiger partial charge in [0.1, 0.15) is 10.8 Å². The van der Waals surface area contributed by atoms with Crippen LogP contribution < -0.4 is 0 Å². The fourth-order valence-corrected chi connectivity index (χ4v) is 7.71. The Morgan fingerprint density at radius 2 is 1.23 bits per heavy atom. The Balaban J connectivity index is 1.40. The van der Waals surface area contributed by atoms with Crippen molar-refractivity contribution >= 4 is 44.2 Å². The Morgan fingerprint density at radius 1 is 0.577 bits per heavy atom. The number of phenols is 1. The molecule has 52 heavy (non-hydrogen) atoms. The summed E-state index contributed by atoms with van der Waals surface area (Å²) in [6.07, 6.45) is 1.80. The minimum Gasteiger partial charge on any atom is -0.507 e. The molecule has 0 spiro atoms. The lowest BCUT2D eigenvalue weighted by Gasteiger charge is -2.21. The van der Waals surface area contributed by atoms with E-state index in [1.54, 1.807) is 23.6 Å². The second kappa shape index (κ2) is 13.2. The van der Waals surface area contributed by atoms with E-state index >= 15 is 0 Å². The average molecular weight is 701 g/mol. The number of benzene rings is 6. The summed E-state index contributed by atoms with van der Waals surface area (Å²) in [5.74, 6) is 0.213. The molecule has 0 saturated carbocycles. The van der Waals surface area contributed by atoms with Crippen molar-refractivity contribution in [1.82, 2.24) is 4.98 Å². The summed E-state index contributed by atoms with van der Waals surface area (Å²) in [5.41, 5.74) is 11.9. The smallest absolute Gasteiger partial charge is 0.126 e. The van der Waals surface area contributed by atoms with Gasteiger partial charge >= 0.3 is 0 Å². The molecule has 0 radical (unpaired) electrons. The van der Waals surface area contributed by atoms with Crippen LogP contribution in [0.25, 0.3) is 53.8 Å². The van der Waals surface area contributed by atoms with Crippen molar-refractivity contribution in [3.05, 3.63) is 138 Å². The quantitative estimate of drug-likeness (QED) is 0.182. The number of rotatable bonds is 5. The highest BCUT2D eigenvalue weighted by atomic mass is 32.1. The van der Waals surface area contributed by atoms with Crippen LogP contribution in [0.1, 0.15) is 84.6 Å². The van der Waals surface area contributed by atoms with E-state index < -0.39 is 0 Å². The molecule has 0 aliphatic heterocycles. The Bertz CT molecular complexity index is 2480. The normalized spacial score (nSPS) is 12.7. The number of hydrogen-bond acceptors (Lipinski definition) is 4. The maximum absolute atomic E-state index is 10.8. The molecule has 7 rings (SSSR count). The van der Waals surface area contributed by atoms with E-state index in [0.717, 1.165) is 53.9 Å². The zero-order chi connectivity index (χ0) is 37.0. The van der Waals surface area contributed by atoms with E-state index in [1.807, 2.05) is 12.1 Å². The number of phenolic OH excluding ortho intramolecular Hbond substituents is 1. The number of thiazole rings is 1. The van der Waals surface area contributed by atoms with Gasteiger partial charge in [-0.05, 0) is 91.4 Å². The summed E-state index contributed by atoms with van der Waals surface area (Å²) in [4.78, 5) is 10.5. The summed E-state index contributed by atoms with van der Waals surface area (Å²) in [5, 5.41) is 13.9. The summed E-state index contributed by atoms with van der Waals surface area (Å²) in [6, 6.07) is 40.9. The highest BCUT2D eigenvalue weighted by molar-refractivity contribution is 7.21. The third-order valence-electron chi connectivity index (χ3n) is 9.95. The Kier molecular flexibility index (Phi) is 8.95. The third kappa shape index (κ3) is 7.05. The fraction of sp³-hybridized carbons (Fsp3) is 0.250. The molecule has 1 heterocycles. The first-order valence-electron chi connectivity index (χ1n) is 18.1. The van der Waals surface area contributed by atoms with Crippen molar-refractivity contribution in [2.45, 2.75) is 78.6 Å². The Morgan fingerprint density at radius 3 is 1.96 bits per heavy atom. The van der Waals surface area contributed by atoms with Gasteiger partial charge in [0.2, 0.25) is 0 Å². The molecule has 3 nitrogen and oxygen atoms in total. The predicted octanol–water partition coefficient (Wildman–Crippen LogP) is 13.8. The highest BCUT2D eigenvalue weighted by Crippen LogP contribution is 2.44. The van der Waals surface area contributed by atoms with E-state index in [-0.39, 0.29) is 22.0 Å². The number of aromatic hydroxyl groups is 1. The number of fused-ring (bicyclic) bond motifs is 2. The minimum atomic E-state index is -0.0541. The summed E-state index contributed by atoms with van der Waals surface area (Å²) in [6.45, 7) is 20.1. The zero-order valence-electron chi connectivity index (χ0n) is 31.8. The molecule has 7 aromatic rings. The van der Waals surface area contributed by atoms with Gasteiger partial charge in [0.25, 0.3) is 0 Å². The maximum Gasteiger partial charge on any atom is 0.126 e. The molecule has 0 unspecified atom stereocenters. The molecule has 1 aromatic heterocycles. The molecule has 0 aliphatic rings. The first kappa shape index (κ1) is 35.3. The van der Waals surface area contributed by atoms with E-state index in [2.05, 4.69) is 159 Å². The Hall–Kier alpha value is -5.06. The van der Waals surface area contributed by atoms with Crippen molar-refractivity contribution < 1.29 is 5.11 Å². The van der Waals surface area contributed by atoms with Gasteiger partial charge in [0, 0.05) is 28.3 Å². The zero-order valence-corrected chi connectivity index (χ0v) is 32.6. The van der Waals surface area contributed by atoms with Crippen molar-refractivity contribution in [3.8, 4) is 38.6 Å². The average Bonchev–Trinajstić information content (AvgIpc) is 3.54. The minimum absolute atomic E-state index is 0.0479. The first-order chi connectivity index (χ1) is 24.6. The number of hydrogen-bond donors (Lipinski definition) is 1. The van der Waals surface area contributed by atoms with Crippen molar-refractivity contribution in [2.24, 2.45) is 4.99 Å². The van der Waals surface area contributed by atoms with Crippen LogP contribution in [0.3, 0.4) is 0 Å². The van der Waals surface area contributed by atoms with Crippen LogP contribution in [0.5, 0.6) is 5.75 Å². The fourth-order valence-electron chi connectivity index (χ4n) is 6.65. The lowest BCUT2D eigenvalue weighted by molar-refractivity contribution is 0.473. The molecule has 262 valence electrons. The van der Waals surface area contributed by atoms with Gasteiger partial charge in [-0.2, -0.15) is 0 Å². The van der Waals surface area contributed by atoms with Gasteiger partial charge in [0.15, 0.2) is 0 Å². The molecule has 4 heteroatoms. The van der Waals surface area contributed by atoms with Crippen LogP contribution in [0.4, 0.5) is 5.69 Å². The summed E-state index contributed by atoms with van der Waals surface area (Å²) < 4.78 is 1.15. The van der Waals surface area contributed by atoms with Crippen molar-refractivity contribution in [3.63, 3.8) is 0 Å². The van der Waals surface area contributed by atoms with Crippen LogP contribution >= 0.6 is 11.3 Å². The molecule has 0 bridgehead atoms. The molecule has 0 aliphatic carbocycles. The molecule has 0 amide bonds. The van der Waals surface area contributed by atoms with E-state index in [0.29, 0.717) is 5.56 Å². The Labute approximate surface area is 312 Å². The van der Waals surface area contributed by atoms with E-state index in [4.69, 9.17) is 9.98 Å². The van der Waals surface area contributed by atoms with Gasteiger partial charge < -0.3 is 5.11 Å². The lowest BCUT2D eigenvalue weighted by atomic mass is 9.84. The van der Waals surface area contributed by atoms with E-state index in [9.17, 15) is 5.11 Å². The summed E-state index contributed by atoms with van der Waals surface area (Å²) >= 11 is 1.71. The van der Waals surface area contributed by atoms with Gasteiger partial charge in [-0.15, -0.1) is 11.3 Å². The molecule has 1 N–H and O–H groups in total. The summed E-state index contributed by atoms with van der Waals surface area (Å²) in [7, 11) is 0. The van der Waals surface area contributed by atoms with Crippen LogP contribution in [0, 0.1) is 0 Å². The second-order valence-electron chi connectivity index (χ2n) is 17.0. The topological polar surface area (TPSA) is 45.5 Å². The number of nitrogens with zero attached hydrogens (tertiary/aromatic N) is 2. The largest absolute Gasteiger partial charge is 0.507 e. The van der Waals surface area contributed by atoms with Gasteiger partial charge in [-0.25, -0.2) is 4.98 Å². The van der Waals surface area contributed by atoms with Crippen LogP contribution in [0.15, 0.2) is 120 Å². The van der Waals surface area contributed by atoms with Gasteiger partial charge in [-0.1, -0.05) is 141 Å². The number of aromatic nitrogens is 1. The van der Waals surface area contributed by atoms with E-state index in [1.165, 1.54) is 22.3 Å². The van der Waals surface area contributed by atoms with Crippen molar-refractivity contribution in [1.29, 1.82) is 0 Å². The maximum atomic E-state index is 10.8. The molecular formula is C48H48N2OS. The van der Waals surface area contributed by atoms with Crippen LogP contribution in [0.2, 0.25) is 0 Å². The monoisotopic (exact) mass is 700 g/mol. The molecular weight excluding hydrogens is 653 g/mol. The van der Waals surface area contributed by atoms with Gasteiger partial charge in [0.05, 0.1) is 15.9 Å². The van der Waals surface area contributed by atoms with Gasteiger partial charge in [-0.3, -0.25) is 4.99 Å². The molecule has 0 atom stereocenters. The van der Waals surface area contributed by atoms with Crippen LogP contribution in [-0.2, 0) is 16.2 Å².